The van der Waals surface area contributed by atoms with Crippen molar-refractivity contribution in [3.63, 3.8) is 0 Å². The molecule has 5 nitrogen and oxygen atoms in total. The molecule has 106 valence electrons. The molecule has 2 saturated heterocycles. The van der Waals surface area contributed by atoms with Crippen LogP contribution < -0.4 is 5.32 Å². The average Bonchev–Trinajstić information content (AvgIpc) is 2.95. The van der Waals surface area contributed by atoms with E-state index in [2.05, 4.69) is 27.2 Å². The molecule has 3 rings (SSSR count). The largest absolute Gasteiger partial charge is 0.311 e. The lowest BCUT2D eigenvalue weighted by Crippen LogP contribution is -2.48. The Morgan fingerprint density at radius 1 is 1.37 bits per heavy atom. The molecule has 5 heteroatoms. The Balaban J connectivity index is 1.68. The van der Waals surface area contributed by atoms with E-state index in [0.29, 0.717) is 0 Å². The minimum Gasteiger partial charge on any atom is -0.311 e. The molecule has 1 aromatic rings. The van der Waals surface area contributed by atoms with Crippen LogP contribution in [0.25, 0.3) is 0 Å². The van der Waals surface area contributed by atoms with Gasteiger partial charge in [0.05, 0.1) is 6.54 Å². The number of nitrogens with one attached hydrogen (secondary N) is 1. The molecule has 2 atom stereocenters. The summed E-state index contributed by atoms with van der Waals surface area (Å²) in [6.07, 6.45) is 8.20. The second kappa shape index (κ2) is 5.59. The van der Waals surface area contributed by atoms with Crippen LogP contribution in [0, 0.1) is 0 Å². The molecule has 0 spiro atoms. The lowest BCUT2D eigenvalue weighted by molar-refractivity contribution is 0.129. The Morgan fingerprint density at radius 3 is 2.68 bits per heavy atom. The molecule has 2 fully saturated rings. The minimum atomic E-state index is 0.718. The van der Waals surface area contributed by atoms with Crippen LogP contribution in [0.3, 0.4) is 0 Å². The fraction of sp³-hybridized carbons (Fsp3) is 0.857. The Morgan fingerprint density at radius 2 is 2.11 bits per heavy atom. The number of rotatable bonds is 5. The topological polar surface area (TPSA) is 46.0 Å². The first-order valence-electron chi connectivity index (χ1n) is 7.59. The molecular weight excluding hydrogens is 238 g/mol. The zero-order valence-corrected chi connectivity index (χ0v) is 12.0. The molecule has 0 aromatic carbocycles. The molecule has 2 aliphatic rings. The van der Waals surface area contributed by atoms with Crippen LogP contribution in [0.5, 0.6) is 0 Å². The summed E-state index contributed by atoms with van der Waals surface area (Å²) in [6, 6.07) is 2.22. The lowest BCUT2D eigenvalue weighted by atomic mass is 9.98. The summed E-state index contributed by atoms with van der Waals surface area (Å²) in [4.78, 5) is 7.00. The molecule has 2 bridgehead atoms. The van der Waals surface area contributed by atoms with Crippen LogP contribution in [0.1, 0.15) is 44.9 Å². The third-order valence-electron chi connectivity index (χ3n) is 4.63. The molecule has 19 heavy (non-hydrogen) atoms. The number of nitrogens with zero attached hydrogens (tertiary/aromatic N) is 4. The van der Waals surface area contributed by atoms with Gasteiger partial charge in [0, 0.05) is 25.2 Å². The van der Waals surface area contributed by atoms with Crippen LogP contribution in [0.2, 0.25) is 0 Å². The Bertz CT molecular complexity index is 404. The highest BCUT2D eigenvalue weighted by molar-refractivity contribution is 4.97. The second-order valence-corrected chi connectivity index (χ2v) is 6.03. The number of fused-ring (bicyclic) bond motifs is 2. The highest BCUT2D eigenvalue weighted by Crippen LogP contribution is 2.30. The van der Waals surface area contributed by atoms with Gasteiger partial charge < -0.3 is 5.32 Å². The predicted molar refractivity (Wildman–Crippen MR) is 74.7 cm³/mol. The Labute approximate surface area is 115 Å². The van der Waals surface area contributed by atoms with Crippen LogP contribution >= 0.6 is 0 Å². The van der Waals surface area contributed by atoms with Crippen molar-refractivity contribution in [3.8, 4) is 0 Å². The van der Waals surface area contributed by atoms with E-state index in [9.17, 15) is 0 Å². The second-order valence-electron chi connectivity index (χ2n) is 6.03. The van der Waals surface area contributed by atoms with Crippen LogP contribution in [-0.2, 0) is 13.6 Å². The molecule has 0 radical (unpaired) electrons. The van der Waals surface area contributed by atoms with Gasteiger partial charge >= 0.3 is 0 Å². The fourth-order valence-electron chi connectivity index (χ4n) is 3.65. The van der Waals surface area contributed by atoms with Crippen molar-refractivity contribution in [2.45, 2.75) is 63.7 Å². The predicted octanol–water partition coefficient (Wildman–Crippen LogP) is 1.31. The van der Waals surface area contributed by atoms with Crippen molar-refractivity contribution < 1.29 is 0 Å². The molecule has 0 saturated carbocycles. The minimum absolute atomic E-state index is 0.718. The standard InChI is InChI=1S/C14H25N5/c1-3-6-19(9-14-15-10-16-18(14)2)13-7-11-4-5-12(8-13)17-11/h10-13,17H,3-9H2,1-2H3. The van der Waals surface area contributed by atoms with Crippen molar-refractivity contribution in [3.05, 3.63) is 12.2 Å². The number of hydrogen-bond donors (Lipinski definition) is 1. The average molecular weight is 263 g/mol. The summed E-state index contributed by atoms with van der Waals surface area (Å²) in [5, 5.41) is 7.91. The van der Waals surface area contributed by atoms with E-state index in [0.717, 1.165) is 37.0 Å². The number of aryl methyl sites for hydroxylation is 1. The normalized spacial score (nSPS) is 30.2. The van der Waals surface area contributed by atoms with Gasteiger partial charge in [-0.15, -0.1) is 0 Å². The zero-order valence-electron chi connectivity index (χ0n) is 12.0. The summed E-state index contributed by atoms with van der Waals surface area (Å²) in [5.41, 5.74) is 0. The van der Waals surface area contributed by atoms with E-state index in [1.54, 1.807) is 6.33 Å². The van der Waals surface area contributed by atoms with Crippen molar-refractivity contribution in [2.24, 2.45) is 7.05 Å². The molecular formula is C14H25N5. The first-order valence-corrected chi connectivity index (χ1v) is 7.59. The van der Waals surface area contributed by atoms with Crippen LogP contribution in [-0.4, -0.2) is 44.3 Å². The smallest absolute Gasteiger partial charge is 0.140 e. The highest BCUT2D eigenvalue weighted by atomic mass is 15.3. The molecule has 1 N–H and O–H groups in total. The van der Waals surface area contributed by atoms with Gasteiger partial charge in [0.15, 0.2) is 0 Å². The van der Waals surface area contributed by atoms with Gasteiger partial charge in [0.2, 0.25) is 0 Å². The maximum Gasteiger partial charge on any atom is 0.140 e. The van der Waals surface area contributed by atoms with Gasteiger partial charge in [0.25, 0.3) is 0 Å². The van der Waals surface area contributed by atoms with Crippen molar-refractivity contribution in [1.29, 1.82) is 0 Å². The van der Waals surface area contributed by atoms with Gasteiger partial charge in [0.1, 0.15) is 12.2 Å². The van der Waals surface area contributed by atoms with E-state index in [1.807, 2.05) is 11.7 Å². The maximum absolute atomic E-state index is 4.38. The lowest BCUT2D eigenvalue weighted by Gasteiger charge is -2.37. The molecule has 0 aliphatic carbocycles. The summed E-state index contributed by atoms with van der Waals surface area (Å²) >= 11 is 0. The zero-order chi connectivity index (χ0) is 13.2. The summed E-state index contributed by atoms with van der Waals surface area (Å²) in [7, 11) is 1.98. The molecule has 3 heterocycles. The Hall–Kier alpha value is -0.940. The summed E-state index contributed by atoms with van der Waals surface area (Å²) in [6.45, 7) is 4.37. The third-order valence-corrected chi connectivity index (χ3v) is 4.63. The highest BCUT2D eigenvalue weighted by Gasteiger charge is 2.36. The van der Waals surface area contributed by atoms with Gasteiger partial charge in [-0.2, -0.15) is 5.10 Å². The van der Waals surface area contributed by atoms with Gasteiger partial charge in [-0.25, -0.2) is 4.98 Å². The van der Waals surface area contributed by atoms with Gasteiger partial charge in [-0.05, 0) is 38.6 Å². The summed E-state index contributed by atoms with van der Waals surface area (Å²) in [5.74, 6) is 1.08. The third kappa shape index (κ3) is 2.82. The van der Waals surface area contributed by atoms with Crippen molar-refractivity contribution in [2.75, 3.05) is 6.54 Å². The number of aromatic nitrogens is 3. The van der Waals surface area contributed by atoms with E-state index in [1.165, 1.54) is 32.1 Å². The van der Waals surface area contributed by atoms with E-state index in [4.69, 9.17) is 0 Å². The molecule has 2 aliphatic heterocycles. The molecule has 0 amide bonds. The SMILES string of the molecule is CCCN(Cc1ncnn1C)C1CC2CCC(C1)N2. The Kier molecular flexibility index (Phi) is 3.84. The molecule has 2 unspecified atom stereocenters. The fourth-order valence-corrected chi connectivity index (χ4v) is 3.65. The number of hydrogen-bond acceptors (Lipinski definition) is 4. The van der Waals surface area contributed by atoms with Crippen molar-refractivity contribution in [1.82, 2.24) is 25.0 Å². The van der Waals surface area contributed by atoms with Gasteiger partial charge in [-0.1, -0.05) is 6.92 Å². The number of piperidine rings is 1. The van der Waals surface area contributed by atoms with Crippen molar-refractivity contribution >= 4 is 0 Å². The maximum atomic E-state index is 4.38. The van der Waals surface area contributed by atoms with E-state index >= 15 is 0 Å². The van der Waals surface area contributed by atoms with Crippen LogP contribution in [0.4, 0.5) is 0 Å². The van der Waals surface area contributed by atoms with E-state index < -0.39 is 0 Å². The summed E-state index contributed by atoms with van der Waals surface area (Å²) < 4.78 is 1.90. The first-order chi connectivity index (χ1) is 9.26. The first kappa shape index (κ1) is 13.1. The quantitative estimate of drug-likeness (QED) is 0.870. The van der Waals surface area contributed by atoms with Gasteiger partial charge in [-0.3, -0.25) is 9.58 Å². The molecule has 1 aromatic heterocycles. The van der Waals surface area contributed by atoms with Crippen LogP contribution in [0.15, 0.2) is 6.33 Å². The van der Waals surface area contributed by atoms with E-state index in [-0.39, 0.29) is 0 Å². The monoisotopic (exact) mass is 263 g/mol.